The number of carbonyl (C=O) groups excluding carboxylic acids is 1. The molecule has 1 aromatic rings. The molecular weight excluding hydrogens is 288 g/mol. The van der Waals surface area contributed by atoms with E-state index >= 15 is 0 Å². The summed E-state index contributed by atoms with van der Waals surface area (Å²) >= 11 is 6.01. The van der Waals surface area contributed by atoms with E-state index in [0.29, 0.717) is 48.4 Å². The predicted octanol–water partition coefficient (Wildman–Crippen LogP) is 2.87. The lowest BCUT2D eigenvalue weighted by Crippen LogP contribution is -2.34. The summed E-state index contributed by atoms with van der Waals surface area (Å²) in [6, 6.07) is 7.40. The average Bonchev–Trinajstić information content (AvgIpc) is 2.41. The van der Waals surface area contributed by atoms with Crippen molar-refractivity contribution >= 4 is 28.9 Å². The van der Waals surface area contributed by atoms with Gasteiger partial charge in [0.2, 0.25) is 5.91 Å². The van der Waals surface area contributed by atoms with Crippen molar-refractivity contribution in [1.29, 1.82) is 5.26 Å². The summed E-state index contributed by atoms with van der Waals surface area (Å²) in [6.07, 6.45) is 0.813. The third-order valence-electron chi connectivity index (χ3n) is 3.13. The molecule has 0 fully saturated rings. The van der Waals surface area contributed by atoms with Crippen molar-refractivity contribution in [1.82, 2.24) is 4.90 Å². The van der Waals surface area contributed by atoms with Gasteiger partial charge in [0.05, 0.1) is 16.8 Å². The van der Waals surface area contributed by atoms with Gasteiger partial charge in [0.15, 0.2) is 0 Å². The van der Waals surface area contributed by atoms with Crippen LogP contribution >= 0.6 is 11.6 Å². The highest BCUT2D eigenvalue weighted by atomic mass is 35.5. The summed E-state index contributed by atoms with van der Waals surface area (Å²) in [5.41, 5.74) is 6.72. The third-order valence-corrected chi connectivity index (χ3v) is 3.45. The Labute approximate surface area is 130 Å². The molecule has 1 amide bonds. The minimum atomic E-state index is -0.107. The molecule has 0 saturated carbocycles. The minimum Gasteiger partial charge on any atom is -0.399 e. The molecule has 0 heterocycles. The van der Waals surface area contributed by atoms with Crippen LogP contribution in [0.5, 0.6) is 0 Å². The monoisotopic (exact) mass is 308 g/mol. The molecule has 0 aliphatic carbocycles. The van der Waals surface area contributed by atoms with Gasteiger partial charge in [-0.3, -0.25) is 9.69 Å². The van der Waals surface area contributed by atoms with Crippen LogP contribution in [-0.2, 0) is 4.79 Å². The van der Waals surface area contributed by atoms with Crippen LogP contribution in [-0.4, -0.2) is 29.9 Å². The Morgan fingerprint density at radius 1 is 1.48 bits per heavy atom. The zero-order valence-corrected chi connectivity index (χ0v) is 13.2. The van der Waals surface area contributed by atoms with Crippen LogP contribution in [0.15, 0.2) is 18.2 Å². The summed E-state index contributed by atoms with van der Waals surface area (Å²) < 4.78 is 0. The van der Waals surface area contributed by atoms with Gasteiger partial charge in [0.1, 0.15) is 0 Å². The molecule has 0 radical (unpaired) electrons. The SMILES string of the molecule is CC(C)N(CCC#N)CCC(=O)Nc1ccc(N)cc1Cl. The molecule has 0 unspecified atom stereocenters. The van der Waals surface area contributed by atoms with E-state index in [9.17, 15) is 4.79 Å². The Hall–Kier alpha value is -1.77. The molecule has 0 atom stereocenters. The lowest BCUT2D eigenvalue weighted by molar-refractivity contribution is -0.116. The predicted molar refractivity (Wildman–Crippen MR) is 86.1 cm³/mol. The van der Waals surface area contributed by atoms with Crippen LogP contribution in [0.4, 0.5) is 11.4 Å². The van der Waals surface area contributed by atoms with E-state index in [4.69, 9.17) is 22.6 Å². The zero-order valence-electron chi connectivity index (χ0n) is 12.4. The Balaban J connectivity index is 2.51. The zero-order chi connectivity index (χ0) is 15.8. The number of nitrogen functional groups attached to an aromatic ring is 1. The van der Waals surface area contributed by atoms with Gasteiger partial charge in [-0.25, -0.2) is 0 Å². The van der Waals surface area contributed by atoms with E-state index in [2.05, 4.69) is 16.3 Å². The van der Waals surface area contributed by atoms with Crippen molar-refractivity contribution < 1.29 is 4.79 Å². The molecule has 0 aliphatic heterocycles. The summed E-state index contributed by atoms with van der Waals surface area (Å²) in [4.78, 5) is 14.1. The maximum absolute atomic E-state index is 12.0. The fourth-order valence-corrected chi connectivity index (χ4v) is 2.15. The number of halogens is 1. The number of amides is 1. The van der Waals surface area contributed by atoms with Crippen molar-refractivity contribution in [2.75, 3.05) is 24.1 Å². The highest BCUT2D eigenvalue weighted by Crippen LogP contribution is 2.24. The van der Waals surface area contributed by atoms with Crippen molar-refractivity contribution in [3.63, 3.8) is 0 Å². The molecule has 5 nitrogen and oxygen atoms in total. The Bertz CT molecular complexity index is 525. The van der Waals surface area contributed by atoms with E-state index < -0.39 is 0 Å². The van der Waals surface area contributed by atoms with Crippen LogP contribution in [0.3, 0.4) is 0 Å². The number of rotatable bonds is 7. The van der Waals surface area contributed by atoms with Crippen LogP contribution in [0.1, 0.15) is 26.7 Å². The van der Waals surface area contributed by atoms with Crippen LogP contribution in [0.2, 0.25) is 5.02 Å². The first-order valence-electron chi connectivity index (χ1n) is 6.90. The Morgan fingerprint density at radius 3 is 2.76 bits per heavy atom. The van der Waals surface area contributed by atoms with Gasteiger partial charge in [0.25, 0.3) is 0 Å². The van der Waals surface area contributed by atoms with Crippen LogP contribution < -0.4 is 11.1 Å². The number of carbonyl (C=O) groups is 1. The second kappa shape index (κ2) is 8.50. The molecule has 0 bridgehead atoms. The molecule has 0 aromatic heterocycles. The highest BCUT2D eigenvalue weighted by Gasteiger charge is 2.12. The molecule has 0 saturated heterocycles. The van der Waals surface area contributed by atoms with E-state index in [1.165, 1.54) is 0 Å². The number of nitrogens with two attached hydrogens (primary N) is 1. The lowest BCUT2D eigenvalue weighted by Gasteiger charge is -2.25. The minimum absolute atomic E-state index is 0.107. The summed E-state index contributed by atoms with van der Waals surface area (Å²) in [5, 5.41) is 11.8. The molecule has 0 spiro atoms. The van der Waals surface area contributed by atoms with Gasteiger partial charge in [-0.1, -0.05) is 11.6 Å². The van der Waals surface area contributed by atoms with E-state index in [0.717, 1.165) is 0 Å². The molecular formula is C15H21ClN4O. The van der Waals surface area contributed by atoms with Crippen LogP contribution in [0.25, 0.3) is 0 Å². The number of anilines is 2. The molecule has 1 rings (SSSR count). The third kappa shape index (κ3) is 6.03. The molecule has 21 heavy (non-hydrogen) atoms. The first-order valence-corrected chi connectivity index (χ1v) is 7.27. The van der Waals surface area contributed by atoms with Gasteiger partial charge < -0.3 is 11.1 Å². The van der Waals surface area contributed by atoms with Gasteiger partial charge in [-0.15, -0.1) is 0 Å². The number of nitrogens with zero attached hydrogens (tertiary/aromatic N) is 2. The maximum Gasteiger partial charge on any atom is 0.225 e. The molecule has 6 heteroatoms. The fourth-order valence-electron chi connectivity index (χ4n) is 1.91. The van der Waals surface area contributed by atoms with Crippen molar-refractivity contribution in [2.45, 2.75) is 32.7 Å². The first-order chi connectivity index (χ1) is 9.93. The number of benzene rings is 1. The first kappa shape index (κ1) is 17.3. The van der Waals surface area contributed by atoms with Crippen LogP contribution in [0, 0.1) is 11.3 Å². The van der Waals surface area contributed by atoms with Gasteiger partial charge in [-0.2, -0.15) is 5.26 Å². The topological polar surface area (TPSA) is 82.2 Å². The standard InChI is InChI=1S/C15H21ClN4O/c1-11(2)20(8-3-7-17)9-6-15(21)19-14-5-4-12(18)10-13(14)16/h4-5,10-11H,3,6,8-9,18H2,1-2H3,(H,19,21). The molecule has 0 aliphatic rings. The van der Waals surface area contributed by atoms with Crippen molar-refractivity contribution in [2.24, 2.45) is 0 Å². The molecule has 114 valence electrons. The second-order valence-electron chi connectivity index (χ2n) is 5.08. The fraction of sp³-hybridized carbons (Fsp3) is 0.467. The van der Waals surface area contributed by atoms with Crippen molar-refractivity contribution in [3.05, 3.63) is 23.2 Å². The molecule has 3 N–H and O–H groups in total. The summed E-state index contributed by atoms with van der Waals surface area (Å²) in [6.45, 7) is 5.38. The highest BCUT2D eigenvalue weighted by molar-refractivity contribution is 6.34. The largest absolute Gasteiger partial charge is 0.399 e. The number of nitriles is 1. The van der Waals surface area contributed by atoms with E-state index in [1.54, 1.807) is 18.2 Å². The smallest absolute Gasteiger partial charge is 0.225 e. The van der Waals surface area contributed by atoms with Crippen molar-refractivity contribution in [3.8, 4) is 6.07 Å². The quantitative estimate of drug-likeness (QED) is 0.759. The maximum atomic E-state index is 12.0. The summed E-state index contributed by atoms with van der Waals surface area (Å²) in [5.74, 6) is -0.107. The van der Waals surface area contributed by atoms with E-state index in [-0.39, 0.29) is 5.91 Å². The van der Waals surface area contributed by atoms with E-state index in [1.807, 2.05) is 13.8 Å². The second-order valence-corrected chi connectivity index (χ2v) is 5.48. The van der Waals surface area contributed by atoms with Gasteiger partial charge in [0, 0.05) is 37.7 Å². The normalized spacial score (nSPS) is 10.7. The lowest BCUT2D eigenvalue weighted by atomic mass is 10.2. The number of hydrogen-bond donors (Lipinski definition) is 2. The van der Waals surface area contributed by atoms with Gasteiger partial charge in [-0.05, 0) is 32.0 Å². The summed E-state index contributed by atoms with van der Waals surface area (Å²) in [7, 11) is 0. The average molecular weight is 309 g/mol. The number of nitrogens with one attached hydrogen (secondary N) is 1. The molecule has 1 aromatic carbocycles. The Kier molecular flexibility index (Phi) is 7.00. The Morgan fingerprint density at radius 2 is 2.19 bits per heavy atom. The van der Waals surface area contributed by atoms with Gasteiger partial charge >= 0.3 is 0 Å². The number of hydrogen-bond acceptors (Lipinski definition) is 4.